The van der Waals surface area contributed by atoms with Gasteiger partial charge < -0.3 is 9.84 Å². The van der Waals surface area contributed by atoms with E-state index in [1.54, 1.807) is 0 Å². The van der Waals surface area contributed by atoms with Crippen LogP contribution < -0.4 is 4.74 Å². The van der Waals surface area contributed by atoms with Crippen LogP contribution >= 0.6 is 11.3 Å². The van der Waals surface area contributed by atoms with Crippen molar-refractivity contribution in [1.29, 1.82) is 0 Å². The number of hydrogen-bond acceptors (Lipinski definition) is 4. The Morgan fingerprint density at radius 2 is 1.95 bits per heavy atom. The van der Waals surface area contributed by atoms with Crippen LogP contribution in [0, 0.1) is 13.8 Å². The summed E-state index contributed by atoms with van der Waals surface area (Å²) in [5.41, 5.74) is 3.25. The lowest BCUT2D eigenvalue weighted by Crippen LogP contribution is -1.98. The second kappa shape index (κ2) is 6.17. The summed E-state index contributed by atoms with van der Waals surface area (Å²) in [6.07, 6.45) is 0.843. The molecule has 102 valence electrons. The molecule has 0 bridgehead atoms. The molecule has 3 nitrogen and oxygen atoms in total. The van der Waals surface area contributed by atoms with Gasteiger partial charge in [0.15, 0.2) is 0 Å². The van der Waals surface area contributed by atoms with E-state index in [4.69, 9.17) is 4.74 Å². The fourth-order valence-corrected chi connectivity index (χ4v) is 2.99. The van der Waals surface area contributed by atoms with Crippen molar-refractivity contribution in [2.24, 2.45) is 0 Å². The maximum absolute atomic E-state index is 9.27. The highest BCUT2D eigenvalue weighted by Gasteiger charge is 2.10. The molecule has 0 aliphatic carbocycles. The lowest BCUT2D eigenvalue weighted by atomic mass is 10.1. The van der Waals surface area contributed by atoms with Crippen LogP contribution in [0.4, 0.5) is 0 Å². The van der Waals surface area contributed by atoms with Gasteiger partial charge in [0, 0.05) is 0 Å². The first-order valence-corrected chi connectivity index (χ1v) is 7.24. The highest BCUT2D eigenvalue weighted by Crippen LogP contribution is 2.25. The van der Waals surface area contributed by atoms with Crippen molar-refractivity contribution in [2.75, 3.05) is 0 Å². The molecule has 1 heterocycles. The highest BCUT2D eigenvalue weighted by molar-refractivity contribution is 7.11. The number of aromatic nitrogens is 1. The Labute approximate surface area is 117 Å². The Kier molecular flexibility index (Phi) is 4.56. The number of nitrogens with zero attached hydrogens (tertiary/aromatic N) is 1. The van der Waals surface area contributed by atoms with Crippen molar-refractivity contribution < 1.29 is 9.84 Å². The second-order valence-corrected chi connectivity index (χ2v) is 5.67. The van der Waals surface area contributed by atoms with Crippen molar-refractivity contribution in [1.82, 2.24) is 4.98 Å². The van der Waals surface area contributed by atoms with E-state index in [1.165, 1.54) is 11.3 Å². The van der Waals surface area contributed by atoms with Gasteiger partial charge in [0.25, 0.3) is 0 Å². The van der Waals surface area contributed by atoms with Crippen molar-refractivity contribution in [3.05, 3.63) is 44.9 Å². The number of aryl methyl sites for hydroxylation is 3. The molecule has 0 amide bonds. The fourth-order valence-electron chi connectivity index (χ4n) is 2.06. The molecule has 1 aromatic heterocycles. The number of thiazole rings is 1. The quantitative estimate of drug-likeness (QED) is 0.911. The lowest BCUT2D eigenvalue weighted by Gasteiger charge is -2.10. The molecule has 1 aromatic carbocycles. The Hall–Kier alpha value is -1.39. The van der Waals surface area contributed by atoms with Crippen LogP contribution in [0.2, 0.25) is 0 Å². The van der Waals surface area contributed by atoms with Gasteiger partial charge in [0.1, 0.15) is 17.4 Å². The third-order valence-corrected chi connectivity index (χ3v) is 4.11. The van der Waals surface area contributed by atoms with E-state index in [-0.39, 0.29) is 6.61 Å². The van der Waals surface area contributed by atoms with Crippen molar-refractivity contribution in [3.8, 4) is 5.75 Å². The topological polar surface area (TPSA) is 42.4 Å². The smallest absolute Gasteiger partial charge is 0.140 e. The van der Waals surface area contributed by atoms with Crippen LogP contribution in [0.25, 0.3) is 0 Å². The maximum Gasteiger partial charge on any atom is 0.140 e. The molecule has 19 heavy (non-hydrogen) atoms. The minimum atomic E-state index is 0.0598. The molecule has 4 heteroatoms. The van der Waals surface area contributed by atoms with Gasteiger partial charge in [-0.2, -0.15) is 0 Å². The average Bonchev–Trinajstić information content (AvgIpc) is 2.80. The maximum atomic E-state index is 9.27. The van der Waals surface area contributed by atoms with Gasteiger partial charge in [-0.05, 0) is 31.4 Å². The Bertz CT molecular complexity index is 522. The van der Waals surface area contributed by atoms with E-state index in [1.807, 2.05) is 39.0 Å². The fraction of sp³-hybridized carbons (Fsp3) is 0.400. The van der Waals surface area contributed by atoms with Crippen LogP contribution in [0.1, 0.15) is 33.6 Å². The summed E-state index contributed by atoms with van der Waals surface area (Å²) in [6.45, 7) is 6.65. The van der Waals surface area contributed by atoms with Crippen LogP contribution in [-0.2, 0) is 19.6 Å². The molecule has 0 radical (unpaired) electrons. The third-order valence-electron chi connectivity index (χ3n) is 3.05. The van der Waals surface area contributed by atoms with Gasteiger partial charge >= 0.3 is 0 Å². The van der Waals surface area contributed by atoms with Crippen LogP contribution in [0.3, 0.4) is 0 Å². The summed E-state index contributed by atoms with van der Waals surface area (Å²) in [5.74, 6) is 0.932. The number of benzene rings is 1. The Balaban J connectivity index is 2.12. The van der Waals surface area contributed by atoms with Gasteiger partial charge in [-0.1, -0.05) is 25.1 Å². The molecule has 0 spiro atoms. The molecule has 0 saturated heterocycles. The standard InChI is InChI=1S/C15H19NO2S/c1-4-12-13(8-17)19-14(16-12)9-18-15-10(2)6-5-7-11(15)3/h5-7,17H,4,8-9H2,1-3H3. The molecule has 0 aliphatic rings. The van der Waals surface area contributed by atoms with E-state index in [0.29, 0.717) is 6.61 Å². The number of hydrogen-bond donors (Lipinski definition) is 1. The number of rotatable bonds is 5. The predicted octanol–water partition coefficient (Wildman–Crippen LogP) is 3.39. The third kappa shape index (κ3) is 3.14. The highest BCUT2D eigenvalue weighted by atomic mass is 32.1. The minimum Gasteiger partial charge on any atom is -0.486 e. The predicted molar refractivity (Wildman–Crippen MR) is 77.7 cm³/mol. The first-order valence-electron chi connectivity index (χ1n) is 6.43. The zero-order valence-electron chi connectivity index (χ0n) is 11.6. The van der Waals surface area contributed by atoms with Crippen LogP contribution in [0.5, 0.6) is 5.75 Å². The molecule has 2 rings (SSSR count). The van der Waals surface area contributed by atoms with Gasteiger partial charge in [-0.15, -0.1) is 11.3 Å². The van der Waals surface area contributed by atoms with Gasteiger partial charge in [-0.3, -0.25) is 0 Å². The molecular weight excluding hydrogens is 258 g/mol. The molecule has 0 fully saturated rings. The SMILES string of the molecule is CCc1nc(COc2c(C)cccc2C)sc1CO. The molecule has 0 unspecified atom stereocenters. The molecule has 2 aromatic rings. The second-order valence-electron chi connectivity index (χ2n) is 4.50. The summed E-state index contributed by atoms with van der Waals surface area (Å²) in [5, 5.41) is 10.2. The van der Waals surface area contributed by atoms with E-state index in [0.717, 1.165) is 38.9 Å². The zero-order chi connectivity index (χ0) is 13.8. The van der Waals surface area contributed by atoms with Gasteiger partial charge in [-0.25, -0.2) is 4.98 Å². The van der Waals surface area contributed by atoms with Gasteiger partial charge in [0.2, 0.25) is 0 Å². The Morgan fingerprint density at radius 3 is 2.47 bits per heavy atom. The van der Waals surface area contributed by atoms with Crippen LogP contribution in [0.15, 0.2) is 18.2 Å². The number of ether oxygens (including phenoxy) is 1. The summed E-state index contributed by atoms with van der Waals surface area (Å²) in [7, 11) is 0. The van der Waals surface area contributed by atoms with Gasteiger partial charge in [0.05, 0.1) is 17.2 Å². The largest absolute Gasteiger partial charge is 0.486 e. The van der Waals surface area contributed by atoms with E-state index < -0.39 is 0 Å². The van der Waals surface area contributed by atoms with E-state index in [9.17, 15) is 5.11 Å². The van der Waals surface area contributed by atoms with E-state index in [2.05, 4.69) is 4.98 Å². The number of aliphatic hydroxyl groups excluding tert-OH is 1. The average molecular weight is 277 g/mol. The van der Waals surface area contributed by atoms with Crippen molar-refractivity contribution in [2.45, 2.75) is 40.4 Å². The molecule has 0 aliphatic heterocycles. The summed E-state index contributed by atoms with van der Waals surface area (Å²) >= 11 is 1.53. The normalized spacial score (nSPS) is 10.7. The molecule has 1 N–H and O–H groups in total. The zero-order valence-corrected chi connectivity index (χ0v) is 12.4. The number of aliphatic hydroxyl groups is 1. The monoisotopic (exact) mass is 277 g/mol. The summed E-state index contributed by atoms with van der Waals surface area (Å²) in [6, 6.07) is 6.11. The first kappa shape index (κ1) is 14.0. The first-order chi connectivity index (χ1) is 9.15. The summed E-state index contributed by atoms with van der Waals surface area (Å²) in [4.78, 5) is 5.45. The van der Waals surface area contributed by atoms with E-state index >= 15 is 0 Å². The number of para-hydroxylation sites is 1. The minimum absolute atomic E-state index is 0.0598. The van der Waals surface area contributed by atoms with Crippen LogP contribution in [-0.4, -0.2) is 10.1 Å². The lowest BCUT2D eigenvalue weighted by molar-refractivity contribution is 0.284. The molecule has 0 atom stereocenters. The van der Waals surface area contributed by atoms with Crippen molar-refractivity contribution >= 4 is 11.3 Å². The Morgan fingerprint density at radius 1 is 1.26 bits per heavy atom. The molecular formula is C15H19NO2S. The van der Waals surface area contributed by atoms with Crippen molar-refractivity contribution in [3.63, 3.8) is 0 Å². The summed E-state index contributed by atoms with van der Waals surface area (Å²) < 4.78 is 5.88. The molecule has 0 saturated carbocycles.